The van der Waals surface area contributed by atoms with Crippen LogP contribution in [0.4, 0.5) is 0 Å². The number of pyridine rings is 1. The van der Waals surface area contributed by atoms with E-state index in [0.29, 0.717) is 5.92 Å². The van der Waals surface area contributed by atoms with Crippen molar-refractivity contribution < 1.29 is 10.2 Å². The van der Waals surface area contributed by atoms with Crippen LogP contribution in [0, 0.1) is 0 Å². The van der Waals surface area contributed by atoms with E-state index in [2.05, 4.69) is 71.7 Å². The molecule has 1 aliphatic rings. The standard InChI is InChI=1S/C26H27NO.ClH.H2O/c1-28-26-12-11-23(19-24(26)17-20-7-5-6-8-20)25(22-9-3-2-4-10-22)18-21-13-15-27-16-14-21;;/h2-4,9-17,19,25H,5-8,18H2,1H3;1H;1H2. The van der Waals surface area contributed by atoms with Gasteiger partial charge in [0, 0.05) is 23.9 Å². The number of methoxy groups -OCH3 is 1. The van der Waals surface area contributed by atoms with Crippen LogP contribution in [0.25, 0.3) is 6.08 Å². The Labute approximate surface area is 185 Å². The van der Waals surface area contributed by atoms with Gasteiger partial charge >= 0.3 is 0 Å². The molecule has 1 saturated carbocycles. The quantitative estimate of drug-likeness (QED) is 0.486. The Morgan fingerprint density at radius 3 is 2.30 bits per heavy atom. The lowest BCUT2D eigenvalue weighted by Gasteiger charge is -2.20. The molecule has 0 aliphatic heterocycles. The molecule has 3 nitrogen and oxygen atoms in total. The van der Waals surface area contributed by atoms with Gasteiger partial charge in [0.05, 0.1) is 7.11 Å². The molecule has 158 valence electrons. The van der Waals surface area contributed by atoms with E-state index in [-0.39, 0.29) is 17.9 Å². The summed E-state index contributed by atoms with van der Waals surface area (Å²) < 4.78 is 5.66. The molecule has 0 saturated heterocycles. The molecule has 1 heterocycles. The SMILES string of the molecule is COc1ccc(C(Cc2ccncc2)c2ccccc2)cc1C=C1CCCC1.Cl.O. The van der Waals surface area contributed by atoms with Crippen molar-refractivity contribution in [2.24, 2.45) is 0 Å². The minimum absolute atomic E-state index is 0. The topological polar surface area (TPSA) is 53.6 Å². The van der Waals surface area contributed by atoms with Crippen LogP contribution < -0.4 is 4.74 Å². The van der Waals surface area contributed by atoms with Crippen molar-refractivity contribution in [2.75, 3.05) is 7.11 Å². The normalized spacial score (nSPS) is 13.7. The maximum atomic E-state index is 5.66. The van der Waals surface area contributed by atoms with E-state index in [1.54, 1.807) is 12.7 Å². The Kier molecular flexibility index (Phi) is 9.10. The number of allylic oxidation sites excluding steroid dienone is 1. The number of halogens is 1. The molecular formula is C26H30ClNO2. The van der Waals surface area contributed by atoms with Gasteiger partial charge in [-0.3, -0.25) is 4.98 Å². The summed E-state index contributed by atoms with van der Waals surface area (Å²) in [7, 11) is 1.76. The van der Waals surface area contributed by atoms with Crippen LogP contribution in [0.1, 0.15) is 53.9 Å². The highest BCUT2D eigenvalue weighted by Crippen LogP contribution is 2.34. The zero-order chi connectivity index (χ0) is 19.2. The summed E-state index contributed by atoms with van der Waals surface area (Å²) in [5, 5.41) is 0. The second-order valence-corrected chi connectivity index (χ2v) is 7.53. The number of nitrogens with zero attached hydrogens (tertiary/aromatic N) is 1. The predicted molar refractivity (Wildman–Crippen MR) is 127 cm³/mol. The monoisotopic (exact) mass is 423 g/mol. The molecule has 1 aromatic heterocycles. The second kappa shape index (κ2) is 11.5. The van der Waals surface area contributed by atoms with Crippen molar-refractivity contribution in [3.63, 3.8) is 0 Å². The van der Waals surface area contributed by atoms with Gasteiger partial charge < -0.3 is 10.2 Å². The summed E-state index contributed by atoms with van der Waals surface area (Å²) in [6, 6.07) is 21.7. The average molecular weight is 424 g/mol. The van der Waals surface area contributed by atoms with Crippen molar-refractivity contribution in [2.45, 2.75) is 38.0 Å². The van der Waals surface area contributed by atoms with Crippen molar-refractivity contribution in [1.82, 2.24) is 4.98 Å². The molecule has 1 fully saturated rings. The molecule has 3 aromatic rings. The minimum atomic E-state index is 0. The van der Waals surface area contributed by atoms with Gasteiger partial charge in [0.2, 0.25) is 0 Å². The van der Waals surface area contributed by atoms with Gasteiger partial charge in [-0.05, 0) is 73.1 Å². The summed E-state index contributed by atoms with van der Waals surface area (Å²) in [6.45, 7) is 0. The Balaban J connectivity index is 0.00000160. The number of hydrogen-bond acceptors (Lipinski definition) is 2. The number of rotatable bonds is 6. The first kappa shape index (κ1) is 23.7. The van der Waals surface area contributed by atoms with Crippen LogP contribution in [-0.2, 0) is 6.42 Å². The molecular weight excluding hydrogens is 394 g/mol. The lowest BCUT2D eigenvalue weighted by Crippen LogP contribution is -2.06. The highest BCUT2D eigenvalue weighted by atomic mass is 35.5. The summed E-state index contributed by atoms with van der Waals surface area (Å²) in [5.74, 6) is 1.26. The molecule has 30 heavy (non-hydrogen) atoms. The van der Waals surface area contributed by atoms with Crippen LogP contribution in [-0.4, -0.2) is 17.6 Å². The highest BCUT2D eigenvalue weighted by molar-refractivity contribution is 5.85. The van der Waals surface area contributed by atoms with E-state index >= 15 is 0 Å². The first-order valence-corrected chi connectivity index (χ1v) is 10.1. The second-order valence-electron chi connectivity index (χ2n) is 7.53. The van der Waals surface area contributed by atoms with Gasteiger partial charge in [0.25, 0.3) is 0 Å². The average Bonchev–Trinajstić information content (AvgIpc) is 3.26. The molecule has 0 spiro atoms. The fraction of sp³-hybridized carbons (Fsp3) is 0.269. The van der Waals surface area contributed by atoms with Gasteiger partial charge in [-0.2, -0.15) is 0 Å². The predicted octanol–water partition coefficient (Wildman–Crippen LogP) is 6.02. The van der Waals surface area contributed by atoms with E-state index in [1.165, 1.54) is 47.9 Å². The summed E-state index contributed by atoms with van der Waals surface area (Å²) in [4.78, 5) is 4.17. The van der Waals surface area contributed by atoms with Crippen molar-refractivity contribution in [3.05, 3.63) is 101 Å². The number of hydrogen-bond donors (Lipinski definition) is 0. The van der Waals surface area contributed by atoms with E-state index in [4.69, 9.17) is 4.74 Å². The third-order valence-electron chi connectivity index (χ3n) is 5.65. The van der Waals surface area contributed by atoms with Crippen LogP contribution in [0.15, 0.2) is 78.6 Å². The van der Waals surface area contributed by atoms with E-state index in [9.17, 15) is 0 Å². The van der Waals surface area contributed by atoms with Crippen LogP contribution in [0.5, 0.6) is 5.75 Å². The number of benzene rings is 2. The molecule has 2 aromatic carbocycles. The Morgan fingerprint density at radius 1 is 0.933 bits per heavy atom. The Hall–Kier alpha value is -2.62. The molecule has 1 atom stereocenters. The van der Waals surface area contributed by atoms with Crippen molar-refractivity contribution in [1.29, 1.82) is 0 Å². The zero-order valence-electron chi connectivity index (χ0n) is 17.4. The van der Waals surface area contributed by atoms with E-state index < -0.39 is 0 Å². The fourth-order valence-corrected chi connectivity index (χ4v) is 4.14. The maximum Gasteiger partial charge on any atom is 0.126 e. The smallest absolute Gasteiger partial charge is 0.126 e. The van der Waals surface area contributed by atoms with Gasteiger partial charge in [0.1, 0.15) is 5.75 Å². The van der Waals surface area contributed by atoms with Crippen molar-refractivity contribution >= 4 is 18.5 Å². The third-order valence-corrected chi connectivity index (χ3v) is 5.65. The van der Waals surface area contributed by atoms with Crippen LogP contribution in [0.2, 0.25) is 0 Å². The van der Waals surface area contributed by atoms with Crippen molar-refractivity contribution in [3.8, 4) is 5.75 Å². The van der Waals surface area contributed by atoms with Crippen LogP contribution >= 0.6 is 12.4 Å². The maximum absolute atomic E-state index is 5.66. The minimum Gasteiger partial charge on any atom is -0.496 e. The fourth-order valence-electron chi connectivity index (χ4n) is 4.14. The summed E-state index contributed by atoms with van der Waals surface area (Å²) in [5.41, 5.74) is 6.71. The zero-order valence-corrected chi connectivity index (χ0v) is 18.2. The van der Waals surface area contributed by atoms with Gasteiger partial charge in [-0.25, -0.2) is 0 Å². The largest absolute Gasteiger partial charge is 0.496 e. The lowest BCUT2D eigenvalue weighted by atomic mass is 9.85. The number of ether oxygens (including phenoxy) is 1. The third kappa shape index (κ3) is 5.71. The van der Waals surface area contributed by atoms with E-state index in [0.717, 1.165) is 12.2 Å². The van der Waals surface area contributed by atoms with Gasteiger partial charge in [-0.1, -0.05) is 48.0 Å². The Morgan fingerprint density at radius 2 is 1.63 bits per heavy atom. The molecule has 2 N–H and O–H groups in total. The molecule has 4 heteroatoms. The number of aromatic nitrogens is 1. The molecule has 0 bridgehead atoms. The molecule has 4 rings (SSSR count). The lowest BCUT2D eigenvalue weighted by molar-refractivity contribution is 0.413. The highest BCUT2D eigenvalue weighted by Gasteiger charge is 2.17. The van der Waals surface area contributed by atoms with E-state index in [1.807, 2.05) is 12.4 Å². The summed E-state index contributed by atoms with van der Waals surface area (Å²) in [6.07, 6.45) is 12.1. The first-order chi connectivity index (χ1) is 13.8. The molecule has 0 amide bonds. The molecule has 1 unspecified atom stereocenters. The first-order valence-electron chi connectivity index (χ1n) is 10.1. The van der Waals surface area contributed by atoms with Crippen LogP contribution in [0.3, 0.4) is 0 Å². The Bertz CT molecular complexity index is 934. The molecule has 0 radical (unpaired) electrons. The molecule has 1 aliphatic carbocycles. The van der Waals surface area contributed by atoms with Gasteiger partial charge in [-0.15, -0.1) is 12.4 Å². The van der Waals surface area contributed by atoms with Gasteiger partial charge in [0.15, 0.2) is 0 Å². The summed E-state index contributed by atoms with van der Waals surface area (Å²) >= 11 is 0.